The minimum atomic E-state index is 0.564. The monoisotopic (exact) mass is 392 g/mol. The molecule has 0 saturated carbocycles. The molecule has 0 bridgehead atoms. The molecule has 1 N–H and O–H groups in total. The summed E-state index contributed by atoms with van der Waals surface area (Å²) in [5, 5.41) is 4.74. The molecule has 0 aliphatic carbocycles. The smallest absolute Gasteiger partial charge is 0.163 e. The average molecular weight is 393 g/mol. The summed E-state index contributed by atoms with van der Waals surface area (Å²) in [5.74, 6) is 2.55. The lowest BCUT2D eigenvalue weighted by molar-refractivity contribution is 0.415. The minimum Gasteiger partial charge on any atom is -0.497 e. The van der Waals surface area contributed by atoms with Crippen LogP contribution in [0.3, 0.4) is 0 Å². The molecule has 28 heavy (non-hydrogen) atoms. The molecule has 4 aromatic rings. The number of hydrogen-bond acceptors (Lipinski definition) is 6. The Kier molecular flexibility index (Phi) is 4.95. The van der Waals surface area contributed by atoms with Crippen LogP contribution in [0.15, 0.2) is 60.9 Å². The summed E-state index contributed by atoms with van der Waals surface area (Å²) in [6.45, 7) is 0. The van der Waals surface area contributed by atoms with Crippen LogP contribution in [0.5, 0.6) is 11.5 Å². The van der Waals surface area contributed by atoms with Crippen molar-refractivity contribution >= 4 is 34.0 Å². The SMILES string of the molecule is COc1ccc2nc(-c3cccnc3)nc(Nc3cc(Cl)ccc3OC)c2c1. The van der Waals surface area contributed by atoms with E-state index >= 15 is 0 Å². The van der Waals surface area contributed by atoms with Gasteiger partial charge in [-0.15, -0.1) is 0 Å². The zero-order valence-electron chi connectivity index (χ0n) is 15.3. The molecule has 4 rings (SSSR count). The molecule has 2 heterocycles. The Morgan fingerprint density at radius 3 is 2.61 bits per heavy atom. The second-order valence-corrected chi connectivity index (χ2v) is 6.43. The van der Waals surface area contributed by atoms with Crippen LogP contribution in [0, 0.1) is 0 Å². The predicted molar refractivity (Wildman–Crippen MR) is 111 cm³/mol. The van der Waals surface area contributed by atoms with E-state index in [-0.39, 0.29) is 0 Å². The fraction of sp³-hybridized carbons (Fsp3) is 0.0952. The maximum absolute atomic E-state index is 6.18. The minimum absolute atomic E-state index is 0.564. The highest BCUT2D eigenvalue weighted by atomic mass is 35.5. The third-order valence-corrected chi connectivity index (χ3v) is 4.47. The lowest BCUT2D eigenvalue weighted by Gasteiger charge is -2.14. The van der Waals surface area contributed by atoms with Crippen LogP contribution in [-0.2, 0) is 0 Å². The van der Waals surface area contributed by atoms with Crippen molar-refractivity contribution in [2.75, 3.05) is 19.5 Å². The molecule has 0 atom stereocenters. The third-order valence-electron chi connectivity index (χ3n) is 4.24. The molecule has 0 amide bonds. The summed E-state index contributed by atoms with van der Waals surface area (Å²) in [4.78, 5) is 13.6. The Morgan fingerprint density at radius 2 is 1.86 bits per heavy atom. The van der Waals surface area contributed by atoms with E-state index in [9.17, 15) is 0 Å². The average Bonchev–Trinajstić information content (AvgIpc) is 2.74. The topological polar surface area (TPSA) is 69.2 Å². The Hall–Kier alpha value is -3.38. The first kappa shape index (κ1) is 18.0. The maximum atomic E-state index is 6.18. The van der Waals surface area contributed by atoms with E-state index in [1.54, 1.807) is 44.8 Å². The van der Waals surface area contributed by atoms with Crippen LogP contribution in [0.2, 0.25) is 5.02 Å². The molecule has 0 unspecified atom stereocenters. The predicted octanol–water partition coefficient (Wildman–Crippen LogP) is 5.11. The lowest BCUT2D eigenvalue weighted by atomic mass is 10.2. The number of aromatic nitrogens is 3. The number of fused-ring (bicyclic) bond motifs is 1. The van der Waals surface area contributed by atoms with E-state index in [2.05, 4.69) is 15.3 Å². The van der Waals surface area contributed by atoms with Crippen LogP contribution in [0.4, 0.5) is 11.5 Å². The van der Waals surface area contributed by atoms with Crippen molar-refractivity contribution in [2.45, 2.75) is 0 Å². The standard InChI is InChI=1S/C21H17ClN4O2/c1-27-15-6-7-17-16(11-15)21(25-18-10-14(22)5-8-19(18)28-2)26-20(24-17)13-4-3-9-23-12-13/h3-12H,1-2H3,(H,24,25,26). The number of ether oxygens (including phenoxy) is 2. The number of benzene rings is 2. The van der Waals surface area contributed by atoms with Gasteiger partial charge in [0, 0.05) is 28.4 Å². The van der Waals surface area contributed by atoms with Gasteiger partial charge in [-0.3, -0.25) is 4.98 Å². The van der Waals surface area contributed by atoms with Crippen LogP contribution in [0.25, 0.3) is 22.3 Å². The number of hydrogen-bond donors (Lipinski definition) is 1. The molecule has 7 heteroatoms. The van der Waals surface area contributed by atoms with Gasteiger partial charge >= 0.3 is 0 Å². The van der Waals surface area contributed by atoms with Crippen molar-refractivity contribution in [3.05, 3.63) is 65.9 Å². The second kappa shape index (κ2) is 7.70. The van der Waals surface area contributed by atoms with Crippen molar-refractivity contribution in [1.82, 2.24) is 15.0 Å². The normalized spacial score (nSPS) is 10.7. The van der Waals surface area contributed by atoms with Gasteiger partial charge in [0.2, 0.25) is 0 Å². The van der Waals surface area contributed by atoms with Crippen LogP contribution in [-0.4, -0.2) is 29.2 Å². The van der Waals surface area contributed by atoms with Crippen LogP contribution in [0.1, 0.15) is 0 Å². The Labute approximate surface area is 167 Å². The number of methoxy groups -OCH3 is 2. The molecule has 0 aliphatic heterocycles. The molecule has 0 saturated heterocycles. The van der Waals surface area contributed by atoms with Crippen LogP contribution >= 0.6 is 11.6 Å². The van der Waals surface area contributed by atoms with Gasteiger partial charge in [0.1, 0.15) is 17.3 Å². The van der Waals surface area contributed by atoms with Gasteiger partial charge in [-0.05, 0) is 48.5 Å². The van der Waals surface area contributed by atoms with Gasteiger partial charge in [0.05, 0.1) is 25.4 Å². The highest BCUT2D eigenvalue weighted by Gasteiger charge is 2.13. The summed E-state index contributed by atoms with van der Waals surface area (Å²) < 4.78 is 10.8. The first-order valence-corrected chi connectivity index (χ1v) is 8.92. The quantitative estimate of drug-likeness (QED) is 0.509. The molecule has 0 aliphatic rings. The van der Waals surface area contributed by atoms with Gasteiger partial charge in [0.15, 0.2) is 5.82 Å². The Balaban J connectivity index is 1.90. The van der Waals surface area contributed by atoms with Gasteiger partial charge in [-0.1, -0.05) is 11.6 Å². The van der Waals surface area contributed by atoms with Crippen LogP contribution < -0.4 is 14.8 Å². The summed E-state index contributed by atoms with van der Waals surface area (Å²) in [6.07, 6.45) is 3.44. The first-order chi connectivity index (χ1) is 13.7. The van der Waals surface area contributed by atoms with Gasteiger partial charge in [-0.25, -0.2) is 9.97 Å². The van der Waals surface area contributed by atoms with Crippen molar-refractivity contribution in [3.8, 4) is 22.9 Å². The number of nitrogens with zero attached hydrogens (tertiary/aromatic N) is 3. The van der Waals surface area contributed by atoms with E-state index in [1.165, 1.54) is 0 Å². The van der Waals surface area contributed by atoms with E-state index < -0.39 is 0 Å². The molecular weight excluding hydrogens is 376 g/mol. The first-order valence-electron chi connectivity index (χ1n) is 8.54. The van der Waals surface area contributed by atoms with E-state index in [0.717, 1.165) is 16.5 Å². The number of rotatable bonds is 5. The van der Waals surface area contributed by atoms with Gasteiger partial charge < -0.3 is 14.8 Å². The van der Waals surface area contributed by atoms with Crippen molar-refractivity contribution in [2.24, 2.45) is 0 Å². The molecule has 2 aromatic carbocycles. The summed E-state index contributed by atoms with van der Waals surface area (Å²) in [6, 6.07) is 14.8. The molecule has 0 spiro atoms. The molecule has 0 radical (unpaired) electrons. The van der Waals surface area contributed by atoms with E-state index in [4.69, 9.17) is 26.1 Å². The maximum Gasteiger partial charge on any atom is 0.163 e. The molecule has 2 aromatic heterocycles. The van der Waals surface area contributed by atoms with Crippen molar-refractivity contribution < 1.29 is 9.47 Å². The fourth-order valence-electron chi connectivity index (χ4n) is 2.86. The molecule has 140 valence electrons. The van der Waals surface area contributed by atoms with E-state index in [0.29, 0.717) is 33.9 Å². The number of halogens is 1. The highest BCUT2D eigenvalue weighted by Crippen LogP contribution is 2.34. The lowest BCUT2D eigenvalue weighted by Crippen LogP contribution is -2.01. The van der Waals surface area contributed by atoms with E-state index in [1.807, 2.05) is 30.3 Å². The third kappa shape index (κ3) is 3.54. The summed E-state index contributed by atoms with van der Waals surface area (Å²) in [5.41, 5.74) is 2.30. The van der Waals surface area contributed by atoms with Crippen molar-refractivity contribution in [1.29, 1.82) is 0 Å². The largest absolute Gasteiger partial charge is 0.497 e. The number of pyridine rings is 1. The zero-order chi connectivity index (χ0) is 19.5. The highest BCUT2D eigenvalue weighted by molar-refractivity contribution is 6.31. The second-order valence-electron chi connectivity index (χ2n) is 5.99. The Morgan fingerprint density at radius 1 is 0.964 bits per heavy atom. The molecule has 0 fully saturated rings. The fourth-order valence-corrected chi connectivity index (χ4v) is 3.03. The summed E-state index contributed by atoms with van der Waals surface area (Å²) >= 11 is 6.18. The van der Waals surface area contributed by atoms with Gasteiger partial charge in [0.25, 0.3) is 0 Å². The molecule has 6 nitrogen and oxygen atoms in total. The summed E-state index contributed by atoms with van der Waals surface area (Å²) in [7, 11) is 3.23. The number of anilines is 2. The van der Waals surface area contributed by atoms with Crippen molar-refractivity contribution in [3.63, 3.8) is 0 Å². The van der Waals surface area contributed by atoms with Gasteiger partial charge in [-0.2, -0.15) is 0 Å². The zero-order valence-corrected chi connectivity index (χ0v) is 16.1. The number of nitrogens with one attached hydrogen (secondary N) is 1. The Bertz CT molecular complexity index is 1140. The molecular formula is C21H17ClN4O2.